The van der Waals surface area contributed by atoms with Gasteiger partial charge in [0.1, 0.15) is 0 Å². The highest BCUT2D eigenvalue weighted by molar-refractivity contribution is 5.69. The molecule has 0 radical (unpaired) electrons. The summed E-state index contributed by atoms with van der Waals surface area (Å²) in [6.45, 7) is 4.29. The van der Waals surface area contributed by atoms with Crippen LogP contribution in [0.5, 0.6) is 0 Å². The van der Waals surface area contributed by atoms with E-state index in [4.69, 9.17) is 0 Å². The van der Waals surface area contributed by atoms with E-state index in [0.717, 1.165) is 11.1 Å². The zero-order chi connectivity index (χ0) is 13.1. The maximum absolute atomic E-state index is 10.6. The van der Waals surface area contributed by atoms with Gasteiger partial charge in [-0.25, -0.2) is 0 Å². The van der Waals surface area contributed by atoms with Crippen LogP contribution < -0.4 is 0 Å². The molecule has 0 spiro atoms. The van der Waals surface area contributed by atoms with Crippen molar-refractivity contribution in [2.24, 2.45) is 0 Å². The highest BCUT2D eigenvalue weighted by Crippen LogP contribution is 2.29. The molecule has 0 N–H and O–H groups in total. The molecule has 0 saturated carbocycles. The predicted molar refractivity (Wildman–Crippen MR) is 72.6 cm³/mol. The van der Waals surface area contributed by atoms with E-state index in [9.17, 15) is 10.1 Å². The van der Waals surface area contributed by atoms with Crippen LogP contribution in [0.2, 0.25) is 0 Å². The summed E-state index contributed by atoms with van der Waals surface area (Å²) in [5.74, 6) is 0.427. The van der Waals surface area contributed by atoms with E-state index >= 15 is 0 Å². The van der Waals surface area contributed by atoms with Crippen molar-refractivity contribution in [3.63, 3.8) is 0 Å². The van der Waals surface area contributed by atoms with Gasteiger partial charge in [0.2, 0.25) is 0 Å². The molecule has 0 aromatic heterocycles. The van der Waals surface area contributed by atoms with Gasteiger partial charge in [-0.15, -0.1) is 0 Å². The summed E-state index contributed by atoms with van der Waals surface area (Å²) in [6.07, 6.45) is 0. The van der Waals surface area contributed by atoms with Crippen LogP contribution in [-0.2, 0) is 0 Å². The number of non-ortho nitro benzene ring substituents is 1. The van der Waals surface area contributed by atoms with E-state index in [-0.39, 0.29) is 10.6 Å². The second-order valence-corrected chi connectivity index (χ2v) is 4.55. The number of benzene rings is 2. The Morgan fingerprint density at radius 3 is 2.17 bits per heavy atom. The average Bonchev–Trinajstić information content (AvgIpc) is 2.39. The fraction of sp³-hybridized carbons (Fsp3) is 0.200. The highest BCUT2D eigenvalue weighted by Gasteiger charge is 2.09. The van der Waals surface area contributed by atoms with Crippen molar-refractivity contribution >= 4 is 5.69 Å². The summed E-state index contributed by atoms with van der Waals surface area (Å²) < 4.78 is 0. The quantitative estimate of drug-likeness (QED) is 0.591. The van der Waals surface area contributed by atoms with Crippen molar-refractivity contribution in [3.8, 4) is 11.1 Å². The molecule has 0 amide bonds. The Hall–Kier alpha value is -2.16. The van der Waals surface area contributed by atoms with E-state index < -0.39 is 0 Å². The smallest absolute Gasteiger partial charge is 0.258 e. The molecule has 18 heavy (non-hydrogen) atoms. The van der Waals surface area contributed by atoms with Crippen LogP contribution in [0, 0.1) is 10.1 Å². The lowest BCUT2D eigenvalue weighted by molar-refractivity contribution is -0.384. The minimum atomic E-state index is -0.377. The average molecular weight is 241 g/mol. The summed E-state index contributed by atoms with van der Waals surface area (Å²) in [5.41, 5.74) is 3.54. The number of hydrogen-bond acceptors (Lipinski definition) is 2. The van der Waals surface area contributed by atoms with Gasteiger partial charge < -0.3 is 0 Å². The minimum Gasteiger partial charge on any atom is -0.258 e. The molecule has 0 bridgehead atoms. The standard InChI is InChI=1S/C15H15NO2/c1-11(2)14-5-3-4-6-15(14)12-7-9-13(10-8-12)16(17)18/h3-11H,1-2H3. The molecule has 92 valence electrons. The molecule has 0 unspecified atom stereocenters. The third kappa shape index (κ3) is 2.40. The van der Waals surface area contributed by atoms with Crippen LogP contribution in [-0.4, -0.2) is 4.92 Å². The molecule has 0 aliphatic carbocycles. The maximum Gasteiger partial charge on any atom is 0.269 e. The number of nitro benzene ring substituents is 1. The van der Waals surface area contributed by atoms with Crippen LogP contribution in [0.15, 0.2) is 48.5 Å². The number of nitro groups is 1. The zero-order valence-electron chi connectivity index (χ0n) is 10.5. The minimum absolute atomic E-state index is 0.126. The fourth-order valence-electron chi connectivity index (χ4n) is 2.03. The molecule has 2 aromatic rings. The van der Waals surface area contributed by atoms with Gasteiger partial charge in [-0.3, -0.25) is 10.1 Å². The lowest BCUT2D eigenvalue weighted by atomic mass is 9.93. The third-order valence-electron chi connectivity index (χ3n) is 2.97. The Kier molecular flexibility index (Phi) is 3.42. The van der Waals surface area contributed by atoms with E-state index in [2.05, 4.69) is 26.0 Å². The molecule has 0 aliphatic heterocycles. The monoisotopic (exact) mass is 241 g/mol. The van der Waals surface area contributed by atoms with Crippen LogP contribution in [0.3, 0.4) is 0 Å². The molecular formula is C15H15NO2. The molecule has 0 heterocycles. The Labute approximate surface area is 106 Å². The molecule has 2 aromatic carbocycles. The molecular weight excluding hydrogens is 226 g/mol. The summed E-state index contributed by atoms with van der Waals surface area (Å²) in [7, 11) is 0. The van der Waals surface area contributed by atoms with Crippen molar-refractivity contribution in [3.05, 3.63) is 64.2 Å². The second kappa shape index (κ2) is 5.00. The first-order valence-corrected chi connectivity index (χ1v) is 5.93. The van der Waals surface area contributed by atoms with E-state index in [1.54, 1.807) is 24.3 Å². The van der Waals surface area contributed by atoms with Gasteiger partial charge in [-0.05, 0) is 34.7 Å². The lowest BCUT2D eigenvalue weighted by Crippen LogP contribution is -1.92. The van der Waals surface area contributed by atoms with Gasteiger partial charge in [-0.2, -0.15) is 0 Å². The van der Waals surface area contributed by atoms with Gasteiger partial charge in [0.25, 0.3) is 5.69 Å². The second-order valence-electron chi connectivity index (χ2n) is 4.55. The topological polar surface area (TPSA) is 43.1 Å². The normalized spacial score (nSPS) is 10.6. The van der Waals surface area contributed by atoms with E-state index in [1.165, 1.54) is 5.56 Å². The van der Waals surface area contributed by atoms with Crippen molar-refractivity contribution in [2.75, 3.05) is 0 Å². The number of nitrogens with zero attached hydrogens (tertiary/aromatic N) is 1. The summed E-state index contributed by atoms with van der Waals surface area (Å²) in [6, 6.07) is 14.9. The molecule has 3 nitrogen and oxygen atoms in total. The van der Waals surface area contributed by atoms with Gasteiger partial charge in [0.15, 0.2) is 0 Å². The Balaban J connectivity index is 2.46. The molecule has 3 heteroatoms. The molecule has 0 aliphatic rings. The molecule has 0 saturated heterocycles. The number of rotatable bonds is 3. The van der Waals surface area contributed by atoms with Crippen LogP contribution in [0.4, 0.5) is 5.69 Å². The highest BCUT2D eigenvalue weighted by atomic mass is 16.6. The lowest BCUT2D eigenvalue weighted by Gasteiger charge is -2.12. The predicted octanol–water partition coefficient (Wildman–Crippen LogP) is 4.39. The third-order valence-corrected chi connectivity index (χ3v) is 2.97. The van der Waals surface area contributed by atoms with Gasteiger partial charge in [0.05, 0.1) is 4.92 Å². The van der Waals surface area contributed by atoms with Crippen molar-refractivity contribution in [1.29, 1.82) is 0 Å². The number of hydrogen-bond donors (Lipinski definition) is 0. The summed E-state index contributed by atoms with van der Waals surface area (Å²) in [5, 5.41) is 10.6. The van der Waals surface area contributed by atoms with E-state index in [0.29, 0.717) is 5.92 Å². The van der Waals surface area contributed by atoms with Crippen molar-refractivity contribution < 1.29 is 4.92 Å². The Morgan fingerprint density at radius 1 is 1.00 bits per heavy atom. The fourth-order valence-corrected chi connectivity index (χ4v) is 2.03. The van der Waals surface area contributed by atoms with Gasteiger partial charge in [0, 0.05) is 12.1 Å². The van der Waals surface area contributed by atoms with Crippen molar-refractivity contribution in [1.82, 2.24) is 0 Å². The zero-order valence-corrected chi connectivity index (χ0v) is 10.5. The first-order valence-electron chi connectivity index (χ1n) is 5.93. The molecule has 0 atom stereocenters. The van der Waals surface area contributed by atoms with Gasteiger partial charge >= 0.3 is 0 Å². The van der Waals surface area contributed by atoms with Crippen molar-refractivity contribution in [2.45, 2.75) is 19.8 Å². The summed E-state index contributed by atoms with van der Waals surface area (Å²) in [4.78, 5) is 10.3. The maximum atomic E-state index is 10.6. The molecule has 0 fully saturated rings. The largest absolute Gasteiger partial charge is 0.269 e. The van der Waals surface area contributed by atoms with Crippen LogP contribution >= 0.6 is 0 Å². The van der Waals surface area contributed by atoms with Crippen LogP contribution in [0.1, 0.15) is 25.3 Å². The summed E-state index contributed by atoms with van der Waals surface area (Å²) >= 11 is 0. The Morgan fingerprint density at radius 2 is 1.61 bits per heavy atom. The van der Waals surface area contributed by atoms with Gasteiger partial charge in [-0.1, -0.05) is 38.1 Å². The first-order chi connectivity index (χ1) is 8.59. The molecule has 2 rings (SSSR count). The first kappa shape index (κ1) is 12.3. The SMILES string of the molecule is CC(C)c1ccccc1-c1ccc([N+](=O)[O-])cc1. The van der Waals surface area contributed by atoms with E-state index in [1.807, 2.05) is 12.1 Å². The van der Waals surface area contributed by atoms with Crippen LogP contribution in [0.25, 0.3) is 11.1 Å². The Bertz CT molecular complexity index is 559.